The third-order valence-corrected chi connectivity index (χ3v) is 2.26. The first-order chi connectivity index (χ1) is 8.48. The maximum absolute atomic E-state index is 12.3. The lowest BCUT2D eigenvalue weighted by Gasteiger charge is -2.15. The van der Waals surface area contributed by atoms with Gasteiger partial charge in [-0.1, -0.05) is 0 Å². The quantitative estimate of drug-likeness (QED) is 0.900. The van der Waals surface area contributed by atoms with Crippen LogP contribution in [0.5, 0.6) is 0 Å². The van der Waals surface area contributed by atoms with Crippen LogP contribution in [0.2, 0.25) is 0 Å². The Bertz CT molecular complexity index is 511. The molecule has 1 N–H and O–H groups in total. The van der Waals surface area contributed by atoms with Crippen LogP contribution in [0.25, 0.3) is 11.4 Å². The van der Waals surface area contributed by atoms with Crippen LogP contribution >= 0.6 is 0 Å². The van der Waals surface area contributed by atoms with Gasteiger partial charge in [0.15, 0.2) is 11.9 Å². The smallest absolute Gasteiger partial charge is 0.382 e. The van der Waals surface area contributed by atoms with E-state index in [1.165, 1.54) is 12.4 Å². The van der Waals surface area contributed by atoms with Crippen molar-refractivity contribution in [3.05, 3.63) is 30.9 Å². The maximum atomic E-state index is 12.3. The fraction of sp³-hybridized carbons (Fsp3) is 0.300. The summed E-state index contributed by atoms with van der Waals surface area (Å²) < 4.78 is 37.7. The highest BCUT2D eigenvalue weighted by atomic mass is 19.4. The predicted octanol–water partition coefficient (Wildman–Crippen LogP) is 1.26. The van der Waals surface area contributed by atoms with E-state index in [0.29, 0.717) is 5.56 Å². The van der Waals surface area contributed by atoms with E-state index in [4.69, 9.17) is 5.11 Å². The molecule has 0 aromatic carbocycles. The van der Waals surface area contributed by atoms with Gasteiger partial charge < -0.3 is 5.11 Å². The normalized spacial score (nSPS) is 13.6. The minimum Gasteiger partial charge on any atom is -0.382 e. The zero-order valence-corrected chi connectivity index (χ0v) is 9.04. The molecule has 2 aromatic rings. The second kappa shape index (κ2) is 4.73. The molecule has 0 bridgehead atoms. The molecule has 0 aliphatic carbocycles. The van der Waals surface area contributed by atoms with Crippen LogP contribution in [0.1, 0.15) is 0 Å². The lowest BCUT2D eigenvalue weighted by Crippen LogP contribution is -2.33. The second-order valence-electron chi connectivity index (χ2n) is 3.56. The molecule has 0 fully saturated rings. The first kappa shape index (κ1) is 12.5. The number of aliphatic hydroxyl groups is 1. The van der Waals surface area contributed by atoms with Gasteiger partial charge in [0.1, 0.15) is 6.33 Å². The monoisotopic (exact) mass is 258 g/mol. The van der Waals surface area contributed by atoms with Crippen molar-refractivity contribution in [1.82, 2.24) is 19.7 Å². The lowest BCUT2D eigenvalue weighted by atomic mass is 10.2. The summed E-state index contributed by atoms with van der Waals surface area (Å²) in [5.74, 6) is 0.228. The van der Waals surface area contributed by atoms with E-state index in [1.54, 1.807) is 12.1 Å². The third-order valence-electron chi connectivity index (χ3n) is 2.26. The summed E-state index contributed by atoms with van der Waals surface area (Å²) in [6.45, 7) is -0.701. The second-order valence-corrected chi connectivity index (χ2v) is 3.56. The summed E-state index contributed by atoms with van der Waals surface area (Å²) >= 11 is 0. The van der Waals surface area contributed by atoms with Gasteiger partial charge >= 0.3 is 6.18 Å². The topological polar surface area (TPSA) is 63.8 Å². The SMILES string of the molecule is O[C@H](Cn1ncnc1-c1cccnc1)C(F)(F)F. The molecule has 0 saturated heterocycles. The summed E-state index contributed by atoms with van der Waals surface area (Å²) in [6, 6.07) is 3.28. The van der Waals surface area contributed by atoms with Crippen LogP contribution in [0, 0.1) is 0 Å². The summed E-state index contributed by atoms with van der Waals surface area (Å²) in [5, 5.41) is 12.7. The van der Waals surface area contributed by atoms with Crippen molar-refractivity contribution in [2.24, 2.45) is 0 Å². The molecule has 2 aromatic heterocycles. The summed E-state index contributed by atoms with van der Waals surface area (Å²) in [6.07, 6.45) is -3.03. The average Bonchev–Trinajstić information content (AvgIpc) is 2.77. The molecule has 0 spiro atoms. The molecule has 1 atom stereocenters. The molecule has 96 valence electrons. The molecule has 8 heteroatoms. The molecule has 5 nitrogen and oxygen atoms in total. The molecule has 0 amide bonds. The van der Waals surface area contributed by atoms with Gasteiger partial charge in [-0.05, 0) is 12.1 Å². The van der Waals surface area contributed by atoms with E-state index in [1.807, 2.05) is 0 Å². The van der Waals surface area contributed by atoms with Gasteiger partial charge in [0.05, 0.1) is 6.54 Å². The van der Waals surface area contributed by atoms with Gasteiger partial charge in [-0.2, -0.15) is 18.3 Å². The van der Waals surface area contributed by atoms with Crippen molar-refractivity contribution in [1.29, 1.82) is 0 Å². The zero-order valence-electron chi connectivity index (χ0n) is 9.04. The highest BCUT2D eigenvalue weighted by Gasteiger charge is 2.38. The van der Waals surface area contributed by atoms with Gasteiger partial charge in [-0.3, -0.25) is 4.98 Å². The van der Waals surface area contributed by atoms with Gasteiger partial charge in [-0.25, -0.2) is 9.67 Å². The minimum atomic E-state index is -4.68. The van der Waals surface area contributed by atoms with Gasteiger partial charge in [0.25, 0.3) is 0 Å². The van der Waals surface area contributed by atoms with Crippen molar-refractivity contribution in [3.8, 4) is 11.4 Å². The number of hydrogen-bond donors (Lipinski definition) is 1. The molecular weight excluding hydrogens is 249 g/mol. The third kappa shape index (κ3) is 2.65. The lowest BCUT2D eigenvalue weighted by molar-refractivity contribution is -0.207. The van der Waals surface area contributed by atoms with E-state index in [2.05, 4.69) is 15.1 Å². The highest BCUT2D eigenvalue weighted by molar-refractivity contribution is 5.52. The maximum Gasteiger partial charge on any atom is 0.416 e. The Morgan fingerprint density at radius 2 is 2.17 bits per heavy atom. The Morgan fingerprint density at radius 1 is 1.39 bits per heavy atom. The fourth-order valence-corrected chi connectivity index (χ4v) is 1.38. The number of pyridine rings is 1. The predicted molar refractivity (Wildman–Crippen MR) is 55.3 cm³/mol. The van der Waals surface area contributed by atoms with Crippen LogP contribution in [0.4, 0.5) is 13.2 Å². The number of aromatic nitrogens is 4. The number of rotatable bonds is 3. The van der Waals surface area contributed by atoms with Crippen molar-refractivity contribution in [2.45, 2.75) is 18.8 Å². The Labute approximate surface area is 99.9 Å². The number of halogens is 3. The molecular formula is C10H9F3N4O. The standard InChI is InChI=1S/C10H9F3N4O/c11-10(12,13)8(18)5-17-9(15-6-16-17)7-2-1-3-14-4-7/h1-4,6,8,18H,5H2/t8-/m1/s1. The van der Waals surface area contributed by atoms with Crippen LogP contribution < -0.4 is 0 Å². The number of alkyl halides is 3. The van der Waals surface area contributed by atoms with E-state index in [-0.39, 0.29) is 5.82 Å². The van der Waals surface area contributed by atoms with E-state index in [9.17, 15) is 13.2 Å². The Hall–Kier alpha value is -1.96. The van der Waals surface area contributed by atoms with E-state index in [0.717, 1.165) is 11.0 Å². The van der Waals surface area contributed by atoms with E-state index >= 15 is 0 Å². The molecule has 0 aliphatic rings. The molecule has 18 heavy (non-hydrogen) atoms. The van der Waals surface area contributed by atoms with E-state index < -0.39 is 18.8 Å². The van der Waals surface area contributed by atoms with Gasteiger partial charge in [-0.15, -0.1) is 0 Å². The summed E-state index contributed by atoms with van der Waals surface area (Å²) in [7, 11) is 0. The zero-order chi connectivity index (χ0) is 13.2. The van der Waals surface area contributed by atoms with Gasteiger partial charge in [0, 0.05) is 18.0 Å². The fourth-order valence-electron chi connectivity index (χ4n) is 1.38. The van der Waals surface area contributed by atoms with Crippen molar-refractivity contribution >= 4 is 0 Å². The molecule has 0 radical (unpaired) electrons. The largest absolute Gasteiger partial charge is 0.416 e. The highest BCUT2D eigenvalue weighted by Crippen LogP contribution is 2.22. The molecule has 0 aliphatic heterocycles. The first-order valence-electron chi connectivity index (χ1n) is 5.01. The number of hydrogen-bond acceptors (Lipinski definition) is 4. The Morgan fingerprint density at radius 3 is 2.78 bits per heavy atom. The minimum absolute atomic E-state index is 0.228. The van der Waals surface area contributed by atoms with Crippen LogP contribution in [0.15, 0.2) is 30.9 Å². The Kier molecular flexibility index (Phi) is 3.28. The van der Waals surface area contributed by atoms with Crippen molar-refractivity contribution < 1.29 is 18.3 Å². The molecule has 0 unspecified atom stereocenters. The van der Waals surface area contributed by atoms with Crippen molar-refractivity contribution in [3.63, 3.8) is 0 Å². The van der Waals surface area contributed by atoms with Gasteiger partial charge in [0.2, 0.25) is 0 Å². The first-order valence-corrected chi connectivity index (χ1v) is 5.01. The molecule has 2 rings (SSSR count). The Balaban J connectivity index is 2.24. The summed E-state index contributed by atoms with van der Waals surface area (Å²) in [5.41, 5.74) is 0.532. The average molecular weight is 258 g/mol. The van der Waals surface area contributed by atoms with Crippen LogP contribution in [0.3, 0.4) is 0 Å². The molecule has 0 saturated carbocycles. The van der Waals surface area contributed by atoms with Crippen LogP contribution in [-0.2, 0) is 6.54 Å². The number of nitrogens with zero attached hydrogens (tertiary/aromatic N) is 4. The number of aliphatic hydroxyl groups excluding tert-OH is 1. The summed E-state index contributed by atoms with van der Waals surface area (Å²) in [4.78, 5) is 7.70. The molecule has 2 heterocycles. The van der Waals surface area contributed by atoms with Crippen molar-refractivity contribution in [2.75, 3.05) is 0 Å². The van der Waals surface area contributed by atoms with Crippen LogP contribution in [-0.4, -0.2) is 37.1 Å².